The molecule has 1 atom stereocenters. The monoisotopic (exact) mass is 503 g/mol. The first-order valence-corrected chi connectivity index (χ1v) is 12.7. The molecule has 7 nitrogen and oxygen atoms in total. The molecule has 2 aromatic rings. The Morgan fingerprint density at radius 2 is 1.97 bits per heavy atom. The lowest BCUT2D eigenvalue weighted by molar-refractivity contribution is -0.138. The molecule has 1 amide bonds. The Balaban J connectivity index is 1.57. The van der Waals surface area contributed by atoms with Gasteiger partial charge in [0.25, 0.3) is 11.8 Å². The molecule has 2 N–H and O–H groups in total. The maximum absolute atomic E-state index is 14.7. The average molecular weight is 503 g/mol. The van der Waals surface area contributed by atoms with E-state index in [9.17, 15) is 31.0 Å². The van der Waals surface area contributed by atoms with Crippen LogP contribution in [0, 0.1) is 16.1 Å². The summed E-state index contributed by atoms with van der Waals surface area (Å²) in [6.07, 6.45) is -1.60. The van der Waals surface area contributed by atoms with Crippen LogP contribution in [0.1, 0.15) is 59.8 Å². The molecule has 0 spiro atoms. The molecular weight excluding hydrogens is 481 g/mol. The van der Waals surface area contributed by atoms with E-state index in [2.05, 4.69) is 15.4 Å². The molecule has 4 aliphatic carbocycles. The summed E-state index contributed by atoms with van der Waals surface area (Å²) in [6.45, 7) is -0.480. The van der Waals surface area contributed by atoms with Crippen LogP contribution in [0.5, 0.6) is 0 Å². The molecule has 0 radical (unpaired) electrons. The predicted molar refractivity (Wildman–Crippen MR) is 111 cm³/mol. The van der Waals surface area contributed by atoms with Crippen molar-refractivity contribution >= 4 is 21.3 Å². The van der Waals surface area contributed by atoms with Gasteiger partial charge in [0.15, 0.2) is 0 Å². The zero-order valence-corrected chi connectivity index (χ0v) is 18.9. The third kappa shape index (κ3) is 3.77. The largest absolute Gasteiger partial charge is 0.420 e. The maximum Gasteiger partial charge on any atom is 0.420 e. The molecule has 2 bridgehead atoms. The van der Waals surface area contributed by atoms with E-state index in [1.807, 2.05) is 0 Å². The van der Waals surface area contributed by atoms with Crippen molar-refractivity contribution in [3.63, 3.8) is 0 Å². The summed E-state index contributed by atoms with van der Waals surface area (Å²) in [5.41, 5.74) is -3.82. The number of hydrogen-bond donors (Lipinski definition) is 2. The van der Waals surface area contributed by atoms with Gasteiger partial charge < -0.3 is 5.32 Å². The standard InChI is InChI=1S/C21H22F5N5O2S/c1-34(27,33)14-6-13(4-5-28-14)29-18(32)17-15(21(24,25)26)16(12-2-3-12)30-31(17)10-19-7-11(8-19)9-20(19,22)23/h4-6,11-12,27H,2-3,7-10H2,1H3,(H,28,29,32). The third-order valence-corrected chi connectivity index (χ3v) is 7.99. The summed E-state index contributed by atoms with van der Waals surface area (Å²) in [5.74, 6) is -4.84. The average Bonchev–Trinajstić information content (AvgIpc) is 3.34. The van der Waals surface area contributed by atoms with Gasteiger partial charge in [-0.05, 0) is 43.7 Å². The maximum atomic E-state index is 14.7. The summed E-state index contributed by atoms with van der Waals surface area (Å²) < 4.78 is 92.2. The Hall–Kier alpha value is -2.57. The fraction of sp³-hybridized carbons (Fsp3) is 0.571. The van der Waals surface area contributed by atoms with Gasteiger partial charge >= 0.3 is 6.18 Å². The van der Waals surface area contributed by atoms with Crippen molar-refractivity contribution in [1.29, 1.82) is 4.78 Å². The molecular formula is C21H22F5N5O2S. The van der Waals surface area contributed by atoms with Crippen LogP contribution in [0.2, 0.25) is 0 Å². The van der Waals surface area contributed by atoms with Gasteiger partial charge in [-0.25, -0.2) is 22.8 Å². The molecule has 184 valence electrons. The fourth-order valence-corrected chi connectivity index (χ4v) is 5.85. The number of halogens is 5. The number of hydrogen-bond acceptors (Lipinski definition) is 5. The number of rotatable bonds is 6. The van der Waals surface area contributed by atoms with Crippen molar-refractivity contribution in [3.05, 3.63) is 35.3 Å². The number of carbonyl (C=O) groups is 1. The second-order valence-electron chi connectivity index (χ2n) is 9.68. The highest BCUT2D eigenvalue weighted by Crippen LogP contribution is 2.67. The van der Waals surface area contributed by atoms with E-state index in [0.29, 0.717) is 12.8 Å². The minimum Gasteiger partial charge on any atom is -0.320 e. The number of carbonyl (C=O) groups excluding carboxylic acids is 1. The van der Waals surface area contributed by atoms with E-state index in [1.165, 1.54) is 12.3 Å². The van der Waals surface area contributed by atoms with E-state index < -0.39 is 56.9 Å². The molecule has 13 heteroatoms. The number of nitrogens with one attached hydrogen (secondary N) is 2. The topological polar surface area (TPSA) is 101 Å². The second-order valence-corrected chi connectivity index (χ2v) is 11.8. The smallest absolute Gasteiger partial charge is 0.320 e. The molecule has 0 aliphatic heterocycles. The van der Waals surface area contributed by atoms with Crippen LogP contribution in [0.15, 0.2) is 23.4 Å². The van der Waals surface area contributed by atoms with Crippen LogP contribution < -0.4 is 5.32 Å². The highest BCUT2D eigenvalue weighted by molar-refractivity contribution is 7.91. The normalized spacial score (nSPS) is 27.2. The molecule has 4 fully saturated rings. The highest BCUT2D eigenvalue weighted by atomic mass is 32.2. The van der Waals surface area contributed by atoms with Gasteiger partial charge in [0.2, 0.25) is 0 Å². The van der Waals surface area contributed by atoms with Crippen LogP contribution in [0.25, 0.3) is 0 Å². The van der Waals surface area contributed by atoms with Crippen molar-refractivity contribution < 1.29 is 31.0 Å². The summed E-state index contributed by atoms with van der Waals surface area (Å²) in [4.78, 5) is 17.0. The van der Waals surface area contributed by atoms with Crippen LogP contribution in [-0.2, 0) is 22.5 Å². The van der Waals surface area contributed by atoms with Gasteiger partial charge in [0, 0.05) is 30.5 Å². The lowest BCUT2D eigenvalue weighted by atomic mass is 9.68. The predicted octanol–water partition coefficient (Wildman–Crippen LogP) is 4.90. The molecule has 0 saturated heterocycles. The van der Waals surface area contributed by atoms with Crippen LogP contribution in [0.3, 0.4) is 0 Å². The van der Waals surface area contributed by atoms with Gasteiger partial charge in [0.05, 0.1) is 27.4 Å². The summed E-state index contributed by atoms with van der Waals surface area (Å²) in [5, 5.41) is 6.25. The van der Waals surface area contributed by atoms with Gasteiger partial charge in [0.1, 0.15) is 16.3 Å². The molecule has 2 aromatic heterocycles. The molecule has 4 saturated carbocycles. The van der Waals surface area contributed by atoms with Crippen molar-refractivity contribution in [3.8, 4) is 0 Å². The molecule has 2 heterocycles. The molecule has 4 aliphatic rings. The first-order chi connectivity index (χ1) is 15.7. The number of pyridine rings is 1. The first kappa shape index (κ1) is 23.2. The van der Waals surface area contributed by atoms with E-state index in [0.717, 1.165) is 17.0 Å². The number of aromatic nitrogens is 3. The van der Waals surface area contributed by atoms with E-state index in [4.69, 9.17) is 4.78 Å². The van der Waals surface area contributed by atoms with Crippen molar-refractivity contribution in [2.75, 3.05) is 11.6 Å². The zero-order valence-electron chi connectivity index (χ0n) is 18.1. The van der Waals surface area contributed by atoms with Gasteiger partial charge in [-0.3, -0.25) is 9.48 Å². The highest BCUT2D eigenvalue weighted by Gasteiger charge is 2.69. The number of amides is 1. The summed E-state index contributed by atoms with van der Waals surface area (Å²) >= 11 is 0. The van der Waals surface area contributed by atoms with Crippen LogP contribution >= 0.6 is 0 Å². The minimum absolute atomic E-state index is 0.0151. The van der Waals surface area contributed by atoms with Gasteiger partial charge in [-0.2, -0.15) is 18.3 Å². The number of nitrogens with zero attached hydrogens (tertiary/aromatic N) is 3. The lowest BCUT2D eigenvalue weighted by Gasteiger charge is -2.40. The Morgan fingerprint density at radius 1 is 1.29 bits per heavy atom. The fourth-order valence-electron chi connectivity index (χ4n) is 5.24. The zero-order chi connectivity index (χ0) is 24.7. The summed E-state index contributed by atoms with van der Waals surface area (Å²) in [6, 6.07) is 2.42. The Morgan fingerprint density at radius 3 is 2.50 bits per heavy atom. The van der Waals surface area contributed by atoms with Crippen molar-refractivity contribution in [2.24, 2.45) is 11.3 Å². The molecule has 1 unspecified atom stereocenters. The van der Waals surface area contributed by atoms with Crippen molar-refractivity contribution in [1.82, 2.24) is 14.8 Å². The number of fused-ring (bicyclic) bond motifs is 1. The first-order valence-electron chi connectivity index (χ1n) is 10.8. The van der Waals surface area contributed by atoms with E-state index in [-0.39, 0.29) is 41.6 Å². The second kappa shape index (κ2) is 7.22. The molecule has 0 aromatic carbocycles. The molecule has 34 heavy (non-hydrogen) atoms. The molecule has 6 rings (SSSR count). The summed E-state index contributed by atoms with van der Waals surface area (Å²) in [7, 11) is -3.24. The number of anilines is 1. The Labute approximate surface area is 192 Å². The minimum atomic E-state index is -4.91. The van der Waals surface area contributed by atoms with E-state index >= 15 is 0 Å². The van der Waals surface area contributed by atoms with E-state index in [1.54, 1.807) is 0 Å². The quantitative estimate of drug-likeness (QED) is 0.548. The van der Waals surface area contributed by atoms with Crippen molar-refractivity contribution in [2.45, 2.75) is 61.7 Å². The van der Waals surface area contributed by atoms with Crippen LogP contribution in [0.4, 0.5) is 27.6 Å². The lowest BCUT2D eigenvalue weighted by Crippen LogP contribution is -2.43. The Kier molecular flexibility index (Phi) is 4.92. The van der Waals surface area contributed by atoms with Gasteiger partial charge in [-0.15, -0.1) is 0 Å². The van der Waals surface area contributed by atoms with Crippen LogP contribution in [-0.4, -0.2) is 37.1 Å². The Bertz CT molecular complexity index is 1280. The number of alkyl halides is 5. The van der Waals surface area contributed by atoms with Gasteiger partial charge in [-0.1, -0.05) is 0 Å². The third-order valence-electron chi connectivity index (χ3n) is 6.97. The SMILES string of the molecule is CS(=N)(=O)c1cc(NC(=O)c2c(C(F)(F)F)c(C3CC3)nn2CC23CC(CC2(F)F)C3)ccn1.